The Hall–Kier alpha value is -3.75. The molecule has 1 aliphatic heterocycles. The van der Waals surface area contributed by atoms with E-state index in [0.29, 0.717) is 17.5 Å². The molecule has 142 valence electrons. The Kier molecular flexibility index (Phi) is 4.26. The van der Waals surface area contributed by atoms with Crippen LogP contribution in [-0.2, 0) is 4.79 Å². The number of anilines is 1. The maximum atomic E-state index is 12.4. The summed E-state index contributed by atoms with van der Waals surface area (Å²) >= 11 is 0. The summed E-state index contributed by atoms with van der Waals surface area (Å²) < 4.78 is 6.57. The normalized spacial score (nSPS) is 15.6. The van der Waals surface area contributed by atoms with Crippen LogP contribution >= 0.6 is 0 Å². The molecule has 9 nitrogen and oxygen atoms in total. The standard InChI is InChI=1S/C19H17N5O4/c1-10-17-13(11-3-5-12(6-4-11)19(26)27)9-15(25)20-18(17)24(23-10)14-7-8-16(28-2)22-21-14/h3-8,13H,9H2,1-2H3,(H,20,25)(H,26,27)/t13-/m1/s1. The topological polar surface area (TPSA) is 119 Å². The van der Waals surface area contributed by atoms with Crippen molar-refractivity contribution in [1.29, 1.82) is 0 Å². The zero-order chi connectivity index (χ0) is 19.8. The van der Waals surface area contributed by atoms with Crippen LogP contribution in [-0.4, -0.2) is 44.1 Å². The second-order valence-corrected chi connectivity index (χ2v) is 6.43. The number of amides is 1. The van der Waals surface area contributed by atoms with Crippen LogP contribution in [0.3, 0.4) is 0 Å². The molecule has 3 aromatic rings. The molecule has 28 heavy (non-hydrogen) atoms. The fourth-order valence-electron chi connectivity index (χ4n) is 3.39. The number of aromatic nitrogens is 4. The van der Waals surface area contributed by atoms with Crippen LogP contribution in [0.1, 0.15) is 39.5 Å². The summed E-state index contributed by atoms with van der Waals surface area (Å²) in [4.78, 5) is 23.5. The lowest BCUT2D eigenvalue weighted by Gasteiger charge is -2.24. The number of benzene rings is 1. The predicted molar refractivity (Wildman–Crippen MR) is 98.9 cm³/mol. The van der Waals surface area contributed by atoms with Gasteiger partial charge in [0.25, 0.3) is 0 Å². The van der Waals surface area contributed by atoms with Crippen LogP contribution in [0.2, 0.25) is 0 Å². The predicted octanol–water partition coefficient (Wildman–Crippen LogP) is 2.15. The molecule has 0 radical (unpaired) electrons. The van der Waals surface area contributed by atoms with E-state index in [0.717, 1.165) is 16.8 Å². The Morgan fingerprint density at radius 1 is 1.21 bits per heavy atom. The second-order valence-electron chi connectivity index (χ2n) is 6.43. The van der Waals surface area contributed by atoms with Crippen LogP contribution in [0.5, 0.6) is 5.88 Å². The summed E-state index contributed by atoms with van der Waals surface area (Å²) in [5, 5.41) is 24.6. The van der Waals surface area contributed by atoms with Gasteiger partial charge >= 0.3 is 5.97 Å². The van der Waals surface area contributed by atoms with Crippen molar-refractivity contribution >= 4 is 17.7 Å². The van der Waals surface area contributed by atoms with E-state index in [-0.39, 0.29) is 23.8 Å². The minimum Gasteiger partial charge on any atom is -0.480 e. The van der Waals surface area contributed by atoms with Crippen molar-refractivity contribution in [2.75, 3.05) is 12.4 Å². The van der Waals surface area contributed by atoms with Crippen LogP contribution in [0, 0.1) is 6.92 Å². The summed E-state index contributed by atoms with van der Waals surface area (Å²) in [7, 11) is 1.50. The highest BCUT2D eigenvalue weighted by molar-refractivity contribution is 5.95. The maximum Gasteiger partial charge on any atom is 0.335 e. The molecule has 1 amide bonds. The zero-order valence-electron chi connectivity index (χ0n) is 15.2. The number of rotatable bonds is 4. The number of hydrogen-bond donors (Lipinski definition) is 2. The van der Waals surface area contributed by atoms with Gasteiger partial charge in [0.1, 0.15) is 5.82 Å². The van der Waals surface area contributed by atoms with Crippen molar-refractivity contribution in [1.82, 2.24) is 20.0 Å². The first kappa shape index (κ1) is 17.7. The fourth-order valence-corrected chi connectivity index (χ4v) is 3.39. The number of aromatic carboxylic acids is 1. The molecular formula is C19H17N5O4. The summed E-state index contributed by atoms with van der Waals surface area (Å²) in [5.74, 6) is -0.000489. The quantitative estimate of drug-likeness (QED) is 0.713. The molecule has 0 saturated heterocycles. The largest absolute Gasteiger partial charge is 0.480 e. The van der Waals surface area contributed by atoms with Gasteiger partial charge in [0.05, 0.1) is 18.4 Å². The Bertz CT molecular complexity index is 1060. The van der Waals surface area contributed by atoms with Gasteiger partial charge in [-0.1, -0.05) is 12.1 Å². The minimum absolute atomic E-state index is 0.151. The molecule has 0 fully saturated rings. The van der Waals surface area contributed by atoms with Gasteiger partial charge in [-0.15, -0.1) is 10.2 Å². The molecule has 2 N–H and O–H groups in total. The highest BCUT2D eigenvalue weighted by Crippen LogP contribution is 2.40. The zero-order valence-corrected chi connectivity index (χ0v) is 15.2. The molecule has 0 aliphatic carbocycles. The van der Waals surface area contributed by atoms with Crippen LogP contribution in [0.4, 0.5) is 5.82 Å². The summed E-state index contributed by atoms with van der Waals surface area (Å²) in [6, 6.07) is 9.92. The molecule has 1 aromatic carbocycles. The van der Waals surface area contributed by atoms with E-state index < -0.39 is 5.97 Å². The van der Waals surface area contributed by atoms with Gasteiger partial charge in [0.15, 0.2) is 5.82 Å². The highest BCUT2D eigenvalue weighted by atomic mass is 16.5. The van der Waals surface area contributed by atoms with Crippen molar-refractivity contribution in [3.8, 4) is 11.7 Å². The van der Waals surface area contributed by atoms with Crippen LogP contribution in [0.25, 0.3) is 5.82 Å². The number of methoxy groups -OCH3 is 1. The number of carboxylic acid groups (broad SMARTS) is 1. The van der Waals surface area contributed by atoms with Crippen molar-refractivity contribution < 1.29 is 19.4 Å². The maximum absolute atomic E-state index is 12.4. The molecule has 0 bridgehead atoms. The first-order valence-corrected chi connectivity index (χ1v) is 8.58. The van der Waals surface area contributed by atoms with Crippen LogP contribution in [0.15, 0.2) is 36.4 Å². The molecule has 4 rings (SSSR count). The van der Waals surface area contributed by atoms with Gasteiger partial charge in [-0.25, -0.2) is 4.79 Å². The van der Waals surface area contributed by atoms with E-state index >= 15 is 0 Å². The SMILES string of the molecule is COc1ccc(-n2nc(C)c3c2NC(=O)C[C@@H]3c2ccc(C(=O)O)cc2)nn1. The van der Waals surface area contributed by atoms with E-state index in [1.807, 2.05) is 6.92 Å². The molecule has 0 saturated carbocycles. The van der Waals surface area contributed by atoms with Crippen molar-refractivity contribution in [2.45, 2.75) is 19.3 Å². The molecule has 2 aromatic heterocycles. The number of hydrogen-bond acceptors (Lipinski definition) is 6. The molecule has 9 heteroatoms. The Morgan fingerprint density at radius 3 is 2.57 bits per heavy atom. The van der Waals surface area contributed by atoms with E-state index in [4.69, 9.17) is 9.84 Å². The third kappa shape index (κ3) is 2.96. The lowest BCUT2D eigenvalue weighted by Crippen LogP contribution is -2.25. The van der Waals surface area contributed by atoms with Crippen molar-refractivity contribution in [2.24, 2.45) is 0 Å². The summed E-state index contributed by atoms with van der Waals surface area (Å²) in [6.07, 6.45) is 0.250. The van der Waals surface area contributed by atoms with Gasteiger partial charge in [0, 0.05) is 24.0 Å². The van der Waals surface area contributed by atoms with Gasteiger partial charge in [-0.2, -0.15) is 9.78 Å². The second kappa shape index (κ2) is 6.76. The molecule has 1 atom stereocenters. The van der Waals surface area contributed by atoms with Crippen molar-refractivity contribution in [3.63, 3.8) is 0 Å². The van der Waals surface area contributed by atoms with Crippen molar-refractivity contribution in [3.05, 3.63) is 58.8 Å². The Morgan fingerprint density at radius 2 is 1.96 bits per heavy atom. The smallest absolute Gasteiger partial charge is 0.335 e. The Balaban J connectivity index is 1.79. The molecular weight excluding hydrogens is 362 g/mol. The monoisotopic (exact) mass is 379 g/mol. The highest BCUT2D eigenvalue weighted by Gasteiger charge is 2.33. The summed E-state index contributed by atoms with van der Waals surface area (Å²) in [5.41, 5.74) is 2.68. The summed E-state index contributed by atoms with van der Waals surface area (Å²) in [6.45, 7) is 1.86. The van der Waals surface area contributed by atoms with E-state index in [2.05, 4.69) is 20.6 Å². The Labute approximate surface area is 160 Å². The van der Waals surface area contributed by atoms with Gasteiger partial charge < -0.3 is 15.2 Å². The van der Waals surface area contributed by atoms with Gasteiger partial charge in [-0.3, -0.25) is 4.79 Å². The van der Waals surface area contributed by atoms with E-state index in [1.165, 1.54) is 7.11 Å². The third-order valence-corrected chi connectivity index (χ3v) is 4.71. The molecule has 0 unspecified atom stereocenters. The van der Waals surface area contributed by atoms with Gasteiger partial charge in [-0.05, 0) is 30.7 Å². The number of nitrogens with zero attached hydrogens (tertiary/aromatic N) is 4. The number of carbonyl (C=O) groups excluding carboxylic acids is 1. The number of nitrogens with one attached hydrogen (secondary N) is 1. The first-order chi connectivity index (χ1) is 13.5. The average Bonchev–Trinajstić information content (AvgIpc) is 3.03. The molecule has 3 heterocycles. The van der Waals surface area contributed by atoms with Gasteiger partial charge in [0.2, 0.25) is 11.8 Å². The average molecular weight is 379 g/mol. The van der Waals surface area contributed by atoms with E-state index in [9.17, 15) is 9.59 Å². The number of ether oxygens (including phenoxy) is 1. The number of carboxylic acids is 1. The van der Waals surface area contributed by atoms with E-state index in [1.54, 1.807) is 41.1 Å². The fraction of sp³-hybridized carbons (Fsp3) is 0.211. The lowest BCUT2D eigenvalue weighted by atomic mass is 9.85. The lowest BCUT2D eigenvalue weighted by molar-refractivity contribution is -0.116. The third-order valence-electron chi connectivity index (χ3n) is 4.71. The molecule has 1 aliphatic rings. The number of aryl methyl sites for hydroxylation is 1. The molecule has 0 spiro atoms. The first-order valence-electron chi connectivity index (χ1n) is 8.58. The number of fused-ring (bicyclic) bond motifs is 1. The number of carbonyl (C=O) groups is 2. The van der Waals surface area contributed by atoms with Crippen LogP contribution < -0.4 is 10.1 Å². The minimum atomic E-state index is -0.990.